The van der Waals surface area contributed by atoms with E-state index in [1.165, 1.54) is 6.20 Å². The summed E-state index contributed by atoms with van der Waals surface area (Å²) in [6.45, 7) is 2.72. The fourth-order valence-electron chi connectivity index (χ4n) is 1.52. The van der Waals surface area contributed by atoms with Gasteiger partial charge >= 0.3 is 0 Å². The molecule has 0 saturated heterocycles. The number of aromatic nitrogens is 3. The van der Waals surface area contributed by atoms with Gasteiger partial charge < -0.3 is 10.3 Å². The van der Waals surface area contributed by atoms with E-state index in [-0.39, 0.29) is 0 Å². The molecular weight excluding hydrogens is 287 g/mol. The molecule has 0 aliphatic carbocycles. The molecule has 2 aromatic rings. The molecule has 19 heavy (non-hydrogen) atoms. The highest BCUT2D eigenvalue weighted by Crippen LogP contribution is 2.25. The third kappa shape index (κ3) is 3.65. The summed E-state index contributed by atoms with van der Waals surface area (Å²) in [6.07, 6.45) is 3.09. The average molecular weight is 301 g/mol. The van der Waals surface area contributed by atoms with Crippen molar-refractivity contribution in [3.05, 3.63) is 28.2 Å². The molecule has 102 valence electrons. The zero-order valence-corrected chi connectivity index (χ0v) is 11.9. The van der Waals surface area contributed by atoms with E-state index in [1.807, 2.05) is 0 Å². The van der Waals surface area contributed by atoms with Crippen LogP contribution in [0.1, 0.15) is 19.2 Å². The normalized spacial score (nSPS) is 12.6. The van der Waals surface area contributed by atoms with Gasteiger partial charge in [0.1, 0.15) is 5.69 Å². The van der Waals surface area contributed by atoms with Crippen molar-refractivity contribution in [2.45, 2.75) is 19.8 Å². The Balaban J connectivity index is 2.12. The molecule has 7 heteroatoms. The largest absolute Gasteiger partial charge is 0.339 e. The van der Waals surface area contributed by atoms with Crippen LogP contribution in [-0.4, -0.2) is 21.7 Å². The first-order valence-corrected chi connectivity index (χ1v) is 6.69. The van der Waals surface area contributed by atoms with Crippen molar-refractivity contribution in [1.29, 1.82) is 0 Å². The molecule has 1 unspecified atom stereocenters. The molecule has 2 N–H and O–H groups in total. The van der Waals surface area contributed by atoms with Gasteiger partial charge in [-0.2, -0.15) is 4.98 Å². The van der Waals surface area contributed by atoms with Crippen LogP contribution in [-0.2, 0) is 6.42 Å². The van der Waals surface area contributed by atoms with Crippen LogP contribution in [0.5, 0.6) is 0 Å². The summed E-state index contributed by atoms with van der Waals surface area (Å²) >= 11 is 11.8. The van der Waals surface area contributed by atoms with Gasteiger partial charge in [-0.15, -0.1) is 0 Å². The second kappa shape index (κ2) is 6.32. The highest BCUT2D eigenvalue weighted by molar-refractivity contribution is 6.35. The van der Waals surface area contributed by atoms with Crippen molar-refractivity contribution in [3.63, 3.8) is 0 Å². The average Bonchev–Trinajstić information content (AvgIpc) is 2.84. The van der Waals surface area contributed by atoms with Gasteiger partial charge in [-0.05, 0) is 24.9 Å². The summed E-state index contributed by atoms with van der Waals surface area (Å²) in [5, 5.41) is 4.74. The van der Waals surface area contributed by atoms with E-state index in [1.54, 1.807) is 6.07 Å². The van der Waals surface area contributed by atoms with Gasteiger partial charge in [0.25, 0.3) is 0 Å². The predicted molar refractivity (Wildman–Crippen MR) is 74.1 cm³/mol. The Hall–Kier alpha value is -1.17. The Morgan fingerprint density at radius 3 is 2.89 bits per heavy atom. The zero-order valence-electron chi connectivity index (χ0n) is 10.4. The Bertz CT molecular complexity index is 558. The monoisotopic (exact) mass is 300 g/mol. The van der Waals surface area contributed by atoms with Gasteiger partial charge in [0.15, 0.2) is 0 Å². The molecule has 5 nitrogen and oxygen atoms in total. The second-order valence-corrected chi connectivity index (χ2v) is 5.22. The van der Waals surface area contributed by atoms with E-state index in [9.17, 15) is 0 Å². The fourth-order valence-corrected chi connectivity index (χ4v) is 1.98. The number of nitrogens with zero attached hydrogens (tertiary/aromatic N) is 3. The van der Waals surface area contributed by atoms with Crippen LogP contribution in [0, 0.1) is 5.92 Å². The van der Waals surface area contributed by atoms with Crippen LogP contribution in [0.25, 0.3) is 11.5 Å². The summed E-state index contributed by atoms with van der Waals surface area (Å²) in [6, 6.07) is 1.60. The summed E-state index contributed by atoms with van der Waals surface area (Å²) in [4.78, 5) is 8.37. The SMILES string of the molecule is CC(CN)CCc1nc(-c2ncc(Cl)cc2Cl)no1. The highest BCUT2D eigenvalue weighted by Gasteiger charge is 2.14. The second-order valence-electron chi connectivity index (χ2n) is 4.38. The molecule has 0 radical (unpaired) electrons. The standard InChI is InChI=1S/C12H14Cl2N4O/c1-7(5-15)2-3-10-17-12(18-19-10)11-9(14)4-8(13)6-16-11/h4,6-7H,2-3,5,15H2,1H3. The van der Waals surface area contributed by atoms with Gasteiger partial charge in [0.05, 0.1) is 10.0 Å². The van der Waals surface area contributed by atoms with Crippen LogP contribution in [0.2, 0.25) is 10.0 Å². The van der Waals surface area contributed by atoms with Crippen LogP contribution >= 0.6 is 23.2 Å². The van der Waals surface area contributed by atoms with E-state index in [2.05, 4.69) is 22.0 Å². The van der Waals surface area contributed by atoms with E-state index < -0.39 is 0 Å². The minimum atomic E-state index is 0.372. The molecule has 0 aliphatic rings. The minimum Gasteiger partial charge on any atom is -0.339 e. The van der Waals surface area contributed by atoms with Crippen molar-refractivity contribution in [1.82, 2.24) is 15.1 Å². The molecule has 0 saturated carbocycles. The number of aryl methyl sites for hydroxylation is 1. The first kappa shape index (κ1) is 14.2. The Morgan fingerprint density at radius 2 is 2.21 bits per heavy atom. The molecule has 0 fully saturated rings. The molecular formula is C12H14Cl2N4O. The van der Waals surface area contributed by atoms with Crippen LogP contribution in [0.15, 0.2) is 16.8 Å². The molecule has 0 aromatic carbocycles. The summed E-state index contributed by atoms with van der Waals surface area (Å²) < 4.78 is 5.17. The third-order valence-electron chi connectivity index (χ3n) is 2.74. The van der Waals surface area contributed by atoms with Crippen molar-refractivity contribution in [3.8, 4) is 11.5 Å². The summed E-state index contributed by atoms with van der Waals surface area (Å²) in [5.41, 5.74) is 6.03. The topological polar surface area (TPSA) is 77.8 Å². The molecule has 1 atom stereocenters. The van der Waals surface area contributed by atoms with E-state index >= 15 is 0 Å². The first-order valence-electron chi connectivity index (χ1n) is 5.94. The number of rotatable bonds is 5. The van der Waals surface area contributed by atoms with E-state index in [0.29, 0.717) is 46.3 Å². The maximum atomic E-state index is 6.04. The van der Waals surface area contributed by atoms with Crippen LogP contribution in [0.3, 0.4) is 0 Å². The van der Waals surface area contributed by atoms with Crippen molar-refractivity contribution in [2.75, 3.05) is 6.54 Å². The van der Waals surface area contributed by atoms with Gasteiger partial charge in [-0.1, -0.05) is 35.3 Å². The van der Waals surface area contributed by atoms with Crippen molar-refractivity contribution >= 4 is 23.2 Å². The number of hydrogen-bond acceptors (Lipinski definition) is 5. The molecule has 2 rings (SSSR count). The maximum Gasteiger partial charge on any atom is 0.227 e. The van der Waals surface area contributed by atoms with Gasteiger partial charge in [0, 0.05) is 12.6 Å². The third-order valence-corrected chi connectivity index (χ3v) is 3.24. The van der Waals surface area contributed by atoms with Gasteiger partial charge in [-0.3, -0.25) is 0 Å². The van der Waals surface area contributed by atoms with Gasteiger partial charge in [-0.25, -0.2) is 4.98 Å². The summed E-state index contributed by atoms with van der Waals surface area (Å²) in [5.74, 6) is 1.35. The van der Waals surface area contributed by atoms with Gasteiger partial charge in [0.2, 0.25) is 11.7 Å². The Labute approximate surface area is 121 Å². The number of nitrogens with two attached hydrogens (primary N) is 1. The summed E-state index contributed by atoms with van der Waals surface area (Å²) in [7, 11) is 0. The molecule has 0 amide bonds. The molecule has 0 aliphatic heterocycles. The van der Waals surface area contributed by atoms with Crippen LogP contribution < -0.4 is 5.73 Å². The molecule has 0 bridgehead atoms. The quantitative estimate of drug-likeness (QED) is 0.918. The lowest BCUT2D eigenvalue weighted by Gasteiger charge is -2.03. The highest BCUT2D eigenvalue weighted by atomic mass is 35.5. The number of hydrogen-bond donors (Lipinski definition) is 1. The number of halogens is 2. The molecule has 0 spiro atoms. The maximum absolute atomic E-state index is 6.04. The Morgan fingerprint density at radius 1 is 1.42 bits per heavy atom. The lowest BCUT2D eigenvalue weighted by Crippen LogP contribution is -2.11. The first-order chi connectivity index (χ1) is 9.10. The lowest BCUT2D eigenvalue weighted by atomic mass is 10.1. The minimum absolute atomic E-state index is 0.372. The Kier molecular flexibility index (Phi) is 4.74. The zero-order chi connectivity index (χ0) is 13.8. The molecule has 2 heterocycles. The lowest BCUT2D eigenvalue weighted by molar-refractivity contribution is 0.366. The molecule has 2 aromatic heterocycles. The fraction of sp³-hybridized carbons (Fsp3) is 0.417. The van der Waals surface area contributed by atoms with E-state index in [0.717, 1.165) is 6.42 Å². The smallest absolute Gasteiger partial charge is 0.227 e. The predicted octanol–water partition coefficient (Wildman–Crippen LogP) is 2.97. The van der Waals surface area contributed by atoms with Crippen molar-refractivity contribution in [2.24, 2.45) is 11.7 Å². The van der Waals surface area contributed by atoms with Crippen LogP contribution in [0.4, 0.5) is 0 Å². The number of pyridine rings is 1. The van der Waals surface area contributed by atoms with Crippen molar-refractivity contribution < 1.29 is 4.52 Å². The van der Waals surface area contributed by atoms with E-state index in [4.69, 9.17) is 33.5 Å².